The van der Waals surface area contributed by atoms with Crippen LogP contribution in [0.25, 0.3) is 0 Å². The number of rotatable bonds is 68. The van der Waals surface area contributed by atoms with Gasteiger partial charge in [0.2, 0.25) is 11.8 Å². The molecule has 2 atom stereocenters. The highest BCUT2D eigenvalue weighted by Gasteiger charge is 2.33. The molecule has 18 heteroatoms. The van der Waals surface area contributed by atoms with E-state index in [4.69, 9.17) is 28.4 Å². The van der Waals surface area contributed by atoms with Crippen molar-refractivity contribution < 1.29 is 66.8 Å². The Morgan fingerprint density at radius 3 is 0.609 bits per heavy atom. The third-order valence-electron chi connectivity index (χ3n) is 17.4. The molecule has 2 N–H and O–H groups in total. The second-order valence-corrected chi connectivity index (χ2v) is 25.9. The van der Waals surface area contributed by atoms with Crippen LogP contribution in [0.1, 0.15) is 336 Å². The molecule has 1 fully saturated rings. The van der Waals surface area contributed by atoms with Crippen LogP contribution in [0.2, 0.25) is 0 Å². The fourth-order valence-corrected chi connectivity index (χ4v) is 11.4. The zero-order valence-electron chi connectivity index (χ0n) is 59.2. The van der Waals surface area contributed by atoms with E-state index in [0.29, 0.717) is 52.6 Å². The molecule has 2 amide bonds. The second kappa shape index (κ2) is 64.0. The molecule has 536 valence electrons. The lowest BCUT2D eigenvalue weighted by Crippen LogP contribution is -2.62. The summed E-state index contributed by atoms with van der Waals surface area (Å²) in [5.74, 6) is -3.26. The van der Waals surface area contributed by atoms with Gasteiger partial charge in [0.1, 0.15) is 12.1 Å². The van der Waals surface area contributed by atoms with Gasteiger partial charge in [-0.25, -0.2) is 0 Å². The van der Waals surface area contributed by atoms with Crippen LogP contribution in [0.15, 0.2) is 0 Å². The first-order valence-electron chi connectivity index (χ1n) is 37.9. The number of amides is 2. The van der Waals surface area contributed by atoms with Crippen LogP contribution in [0.5, 0.6) is 0 Å². The number of esters is 6. The van der Waals surface area contributed by atoms with Gasteiger partial charge in [-0.15, -0.1) is 0 Å². The van der Waals surface area contributed by atoms with Crippen molar-refractivity contribution in [3.8, 4) is 0 Å². The molecular formula is C74H136N4O14. The molecule has 0 aliphatic carbocycles. The minimum Gasteiger partial charge on any atom is -0.466 e. The third-order valence-corrected chi connectivity index (χ3v) is 17.4. The van der Waals surface area contributed by atoms with Crippen LogP contribution in [-0.4, -0.2) is 148 Å². The van der Waals surface area contributed by atoms with Crippen molar-refractivity contribution in [2.24, 2.45) is 0 Å². The molecule has 1 rings (SSSR count). The highest BCUT2D eigenvalue weighted by Crippen LogP contribution is 2.16. The number of carbonyl (C=O) groups is 8. The number of hydrogen-bond acceptors (Lipinski definition) is 16. The van der Waals surface area contributed by atoms with Gasteiger partial charge in [-0.05, 0) is 25.7 Å². The highest BCUT2D eigenvalue weighted by molar-refractivity contribution is 5.96. The molecule has 92 heavy (non-hydrogen) atoms. The number of piperazine rings is 1. The molecule has 1 aliphatic heterocycles. The van der Waals surface area contributed by atoms with Gasteiger partial charge in [0.15, 0.2) is 0 Å². The Kier molecular flexibility index (Phi) is 59.7. The van der Waals surface area contributed by atoms with Crippen LogP contribution in [-0.2, 0) is 66.8 Å². The van der Waals surface area contributed by atoms with E-state index in [1.54, 1.807) is 0 Å². The lowest BCUT2D eigenvalue weighted by Gasteiger charge is -2.29. The number of unbranched alkanes of at least 4 members (excludes halogenated alkanes) is 36. The van der Waals surface area contributed by atoms with Crippen molar-refractivity contribution in [3.05, 3.63) is 0 Å². The molecule has 0 radical (unpaired) electrons. The van der Waals surface area contributed by atoms with Crippen molar-refractivity contribution in [1.82, 2.24) is 20.4 Å². The van der Waals surface area contributed by atoms with Crippen molar-refractivity contribution in [2.45, 2.75) is 348 Å². The highest BCUT2D eigenvalue weighted by atomic mass is 16.6. The number of ether oxygens (including phenoxy) is 6. The quantitative estimate of drug-likeness (QED) is 0.0328. The summed E-state index contributed by atoms with van der Waals surface area (Å²) in [7, 11) is 0. The van der Waals surface area contributed by atoms with Gasteiger partial charge in [0, 0.05) is 52.1 Å². The Morgan fingerprint density at radius 1 is 0.261 bits per heavy atom. The van der Waals surface area contributed by atoms with Crippen molar-refractivity contribution in [1.29, 1.82) is 0 Å². The molecule has 0 aromatic rings. The lowest BCUT2D eigenvalue weighted by molar-refractivity contribution is -0.148. The van der Waals surface area contributed by atoms with Crippen LogP contribution < -0.4 is 10.6 Å². The van der Waals surface area contributed by atoms with Gasteiger partial charge in [0.05, 0.1) is 78.2 Å². The Morgan fingerprint density at radius 2 is 0.424 bits per heavy atom. The maximum Gasteiger partial charge on any atom is 0.307 e. The largest absolute Gasteiger partial charge is 0.466 e. The topological polar surface area (TPSA) is 222 Å². The fraction of sp³-hybridized carbons (Fsp3) is 0.892. The first kappa shape index (κ1) is 85.7. The first-order chi connectivity index (χ1) is 44.9. The van der Waals surface area contributed by atoms with Crippen molar-refractivity contribution in [3.63, 3.8) is 0 Å². The SMILES string of the molecule is CCCCCCCCCCCCOC(=O)CCN(CCC(=O)OCCCCCCCCCCCC)CCC(=O)OCCC1NC(=O)C(CCOC(=O)CCN(CCC(=O)OCCCCCCCCCCCC)CCC(=O)OCCCCCCCCCCCC)NC1=O. The Labute approximate surface area is 559 Å². The Hall–Kier alpha value is -4.32. The van der Waals surface area contributed by atoms with Gasteiger partial charge >= 0.3 is 35.8 Å². The summed E-state index contributed by atoms with van der Waals surface area (Å²) in [5.41, 5.74) is 0. The third kappa shape index (κ3) is 55.0. The molecule has 1 aliphatic rings. The number of hydrogen-bond donors (Lipinski definition) is 2. The molecule has 0 spiro atoms. The number of nitrogens with zero attached hydrogens (tertiary/aromatic N) is 2. The lowest BCUT2D eigenvalue weighted by atomic mass is 10.1. The molecular weight excluding hydrogens is 1170 g/mol. The Balaban J connectivity index is 2.60. The average Bonchev–Trinajstić information content (AvgIpc) is 1.11. The maximum absolute atomic E-state index is 13.1. The fourth-order valence-electron chi connectivity index (χ4n) is 11.4. The Bertz CT molecular complexity index is 1630. The molecule has 1 saturated heterocycles. The van der Waals surface area contributed by atoms with Gasteiger partial charge in [0.25, 0.3) is 0 Å². The molecule has 0 bridgehead atoms. The van der Waals surface area contributed by atoms with E-state index >= 15 is 0 Å². The zero-order valence-corrected chi connectivity index (χ0v) is 59.2. The van der Waals surface area contributed by atoms with Crippen LogP contribution in [0, 0.1) is 0 Å². The number of nitrogens with one attached hydrogen (secondary N) is 2. The van der Waals surface area contributed by atoms with Crippen molar-refractivity contribution >= 4 is 47.6 Å². The minimum atomic E-state index is -0.941. The van der Waals surface area contributed by atoms with Crippen LogP contribution in [0.3, 0.4) is 0 Å². The summed E-state index contributed by atoms with van der Waals surface area (Å²) >= 11 is 0. The minimum absolute atomic E-state index is 0.0222. The van der Waals surface area contributed by atoms with Gasteiger partial charge in [-0.1, -0.05) is 259 Å². The molecule has 0 saturated carbocycles. The normalized spacial score (nSPS) is 13.9. The summed E-state index contributed by atoms with van der Waals surface area (Å²) < 4.78 is 33.1. The summed E-state index contributed by atoms with van der Waals surface area (Å²) in [6, 6.07) is -1.88. The van der Waals surface area contributed by atoms with Crippen molar-refractivity contribution in [2.75, 3.05) is 78.9 Å². The van der Waals surface area contributed by atoms with Crippen LogP contribution >= 0.6 is 0 Å². The summed E-state index contributed by atoms with van der Waals surface area (Å²) in [6.07, 6.45) is 47.9. The predicted octanol–water partition coefficient (Wildman–Crippen LogP) is 15.6. The molecule has 18 nitrogen and oxygen atoms in total. The van der Waals surface area contributed by atoms with E-state index in [0.717, 1.165) is 77.0 Å². The van der Waals surface area contributed by atoms with E-state index in [1.165, 1.54) is 180 Å². The maximum atomic E-state index is 13.1. The monoisotopic (exact) mass is 1310 g/mol. The van der Waals surface area contributed by atoms with Crippen LogP contribution in [0.4, 0.5) is 0 Å². The van der Waals surface area contributed by atoms with E-state index < -0.39 is 35.8 Å². The zero-order chi connectivity index (χ0) is 67.0. The summed E-state index contributed by atoms with van der Waals surface area (Å²) in [6.45, 7) is 11.8. The van der Waals surface area contributed by atoms with E-state index in [2.05, 4.69) is 38.3 Å². The van der Waals surface area contributed by atoms with Gasteiger partial charge in [-0.2, -0.15) is 0 Å². The van der Waals surface area contributed by atoms with E-state index in [9.17, 15) is 38.4 Å². The predicted molar refractivity (Wildman–Crippen MR) is 367 cm³/mol. The second-order valence-electron chi connectivity index (χ2n) is 25.9. The smallest absolute Gasteiger partial charge is 0.307 e. The van der Waals surface area contributed by atoms with E-state index in [1.807, 2.05) is 9.80 Å². The van der Waals surface area contributed by atoms with Gasteiger partial charge in [-0.3, -0.25) is 38.4 Å². The molecule has 1 heterocycles. The van der Waals surface area contributed by atoms with E-state index in [-0.39, 0.29) is 102 Å². The molecule has 0 aromatic carbocycles. The standard InChI is InChI=1S/C74H136N4O14/c1-5-9-13-17-21-25-29-33-37-41-59-87-67(79)45-53-77(54-46-68(80)88-60-42-38-34-30-26-22-18-14-10-6-2)57-49-71(83)91-63-51-65-73(85)76-66(74(86)75-65)52-64-92-72(84)50-58-78(55-47-69(81)89-61-43-39-35-31-27-23-19-15-11-7-3)56-48-70(82)90-62-44-40-36-32-28-24-20-16-12-8-4/h65-66H,5-64H2,1-4H3,(H,75,86)(H,76,85). The summed E-state index contributed by atoms with van der Waals surface area (Å²) in [5, 5.41) is 5.40. The molecule has 0 aromatic heterocycles. The average molecular weight is 1310 g/mol. The summed E-state index contributed by atoms with van der Waals surface area (Å²) in [4.78, 5) is 107. The first-order valence-corrected chi connectivity index (χ1v) is 37.9. The molecule has 2 unspecified atom stereocenters. The number of carbonyl (C=O) groups excluding carboxylic acids is 8. The van der Waals surface area contributed by atoms with Gasteiger partial charge < -0.3 is 48.9 Å².